The Morgan fingerprint density at radius 2 is 2.32 bits per heavy atom. The van der Waals surface area contributed by atoms with Crippen LogP contribution in [0.15, 0.2) is 18.2 Å². The molecule has 1 N–H and O–H groups in total. The molecule has 0 spiro atoms. The molecular weight excluding hydrogens is 241 g/mol. The van der Waals surface area contributed by atoms with Crippen LogP contribution in [0.5, 0.6) is 0 Å². The van der Waals surface area contributed by atoms with Crippen molar-refractivity contribution in [1.82, 2.24) is 5.32 Å². The number of carbonyl (C=O) groups excluding carboxylic acids is 1. The SMILES string of the molecule is CCCC(C)C(=O)NC1CCCc2cc(F)ccc21. The lowest BCUT2D eigenvalue weighted by Gasteiger charge is -2.27. The molecule has 1 aliphatic carbocycles. The van der Waals surface area contributed by atoms with Crippen LogP contribution in [0, 0.1) is 11.7 Å². The predicted molar refractivity (Wildman–Crippen MR) is 74.3 cm³/mol. The van der Waals surface area contributed by atoms with Crippen molar-refractivity contribution in [3.63, 3.8) is 0 Å². The maximum atomic E-state index is 13.2. The highest BCUT2D eigenvalue weighted by atomic mass is 19.1. The number of carbonyl (C=O) groups is 1. The van der Waals surface area contributed by atoms with E-state index in [0.29, 0.717) is 0 Å². The number of hydrogen-bond acceptors (Lipinski definition) is 1. The van der Waals surface area contributed by atoms with Crippen LogP contribution >= 0.6 is 0 Å². The lowest BCUT2D eigenvalue weighted by atomic mass is 9.87. The van der Waals surface area contributed by atoms with Crippen LogP contribution in [-0.4, -0.2) is 5.91 Å². The average Bonchev–Trinajstić information content (AvgIpc) is 2.38. The third-order valence-corrected chi connectivity index (χ3v) is 3.91. The minimum absolute atomic E-state index is 0.0517. The van der Waals surface area contributed by atoms with E-state index in [4.69, 9.17) is 0 Å². The Bertz CT molecular complexity index is 458. The highest BCUT2D eigenvalue weighted by Crippen LogP contribution is 2.30. The summed E-state index contributed by atoms with van der Waals surface area (Å²) in [7, 11) is 0. The van der Waals surface area contributed by atoms with E-state index in [-0.39, 0.29) is 23.7 Å². The number of fused-ring (bicyclic) bond motifs is 1. The molecule has 0 fully saturated rings. The predicted octanol–water partition coefficient (Wildman–Crippen LogP) is 3.76. The van der Waals surface area contributed by atoms with E-state index in [1.54, 1.807) is 6.07 Å². The largest absolute Gasteiger partial charge is 0.349 e. The molecule has 0 saturated heterocycles. The Morgan fingerprint density at radius 1 is 1.53 bits per heavy atom. The summed E-state index contributed by atoms with van der Waals surface area (Å²) in [6.45, 7) is 4.05. The van der Waals surface area contributed by atoms with Crippen molar-refractivity contribution in [2.24, 2.45) is 5.92 Å². The van der Waals surface area contributed by atoms with Gasteiger partial charge in [0.2, 0.25) is 5.91 Å². The van der Waals surface area contributed by atoms with E-state index < -0.39 is 0 Å². The van der Waals surface area contributed by atoms with E-state index in [9.17, 15) is 9.18 Å². The molecular formula is C16H22FNO. The van der Waals surface area contributed by atoms with E-state index in [1.165, 1.54) is 6.07 Å². The summed E-state index contributed by atoms with van der Waals surface area (Å²) in [5, 5.41) is 3.12. The highest BCUT2D eigenvalue weighted by molar-refractivity contribution is 5.78. The van der Waals surface area contributed by atoms with Gasteiger partial charge in [-0.1, -0.05) is 26.3 Å². The Hall–Kier alpha value is -1.38. The van der Waals surface area contributed by atoms with E-state index in [2.05, 4.69) is 12.2 Å². The lowest BCUT2D eigenvalue weighted by Crippen LogP contribution is -2.34. The molecule has 0 bridgehead atoms. The van der Waals surface area contributed by atoms with Crippen LogP contribution in [0.3, 0.4) is 0 Å². The second kappa shape index (κ2) is 6.18. The van der Waals surface area contributed by atoms with Crippen LogP contribution in [-0.2, 0) is 11.2 Å². The first-order chi connectivity index (χ1) is 9.11. The van der Waals surface area contributed by atoms with Gasteiger partial charge in [-0.2, -0.15) is 0 Å². The zero-order chi connectivity index (χ0) is 13.8. The molecule has 0 radical (unpaired) electrons. The van der Waals surface area contributed by atoms with E-state index in [1.807, 2.05) is 13.0 Å². The molecule has 1 amide bonds. The first-order valence-electron chi connectivity index (χ1n) is 7.20. The summed E-state index contributed by atoms with van der Waals surface area (Å²) in [6.07, 6.45) is 4.78. The van der Waals surface area contributed by atoms with Crippen LogP contribution in [0.25, 0.3) is 0 Å². The summed E-state index contributed by atoms with van der Waals surface area (Å²) in [5.74, 6) is -0.0232. The van der Waals surface area contributed by atoms with Crippen molar-refractivity contribution < 1.29 is 9.18 Å². The zero-order valence-corrected chi connectivity index (χ0v) is 11.7. The summed E-state index contributed by atoms with van der Waals surface area (Å²) in [4.78, 5) is 12.1. The molecule has 104 valence electrons. The molecule has 19 heavy (non-hydrogen) atoms. The van der Waals surface area contributed by atoms with Gasteiger partial charge < -0.3 is 5.32 Å². The molecule has 2 rings (SSSR count). The zero-order valence-electron chi connectivity index (χ0n) is 11.7. The first kappa shape index (κ1) is 14.0. The van der Waals surface area contributed by atoms with Gasteiger partial charge in [-0.15, -0.1) is 0 Å². The van der Waals surface area contributed by atoms with Gasteiger partial charge in [-0.25, -0.2) is 4.39 Å². The molecule has 1 aliphatic rings. The lowest BCUT2D eigenvalue weighted by molar-refractivity contribution is -0.125. The number of benzene rings is 1. The molecule has 0 aromatic heterocycles. The van der Waals surface area contributed by atoms with Crippen LogP contribution in [0.4, 0.5) is 4.39 Å². The molecule has 0 aliphatic heterocycles. The van der Waals surface area contributed by atoms with E-state index >= 15 is 0 Å². The van der Waals surface area contributed by atoms with Gasteiger partial charge in [-0.3, -0.25) is 4.79 Å². The number of nitrogens with one attached hydrogen (secondary N) is 1. The van der Waals surface area contributed by atoms with Gasteiger partial charge in [0, 0.05) is 5.92 Å². The van der Waals surface area contributed by atoms with Crippen molar-refractivity contribution >= 4 is 5.91 Å². The van der Waals surface area contributed by atoms with Gasteiger partial charge in [0.1, 0.15) is 5.82 Å². The van der Waals surface area contributed by atoms with Crippen molar-refractivity contribution in [1.29, 1.82) is 0 Å². The fourth-order valence-electron chi connectivity index (χ4n) is 2.81. The molecule has 2 nitrogen and oxygen atoms in total. The van der Waals surface area contributed by atoms with Gasteiger partial charge in [0.05, 0.1) is 6.04 Å². The van der Waals surface area contributed by atoms with Crippen LogP contribution in [0.2, 0.25) is 0 Å². The fourth-order valence-corrected chi connectivity index (χ4v) is 2.81. The van der Waals surface area contributed by atoms with Crippen molar-refractivity contribution in [3.8, 4) is 0 Å². The fraction of sp³-hybridized carbons (Fsp3) is 0.562. The first-order valence-corrected chi connectivity index (χ1v) is 7.20. The van der Waals surface area contributed by atoms with Gasteiger partial charge in [-0.05, 0) is 48.9 Å². The van der Waals surface area contributed by atoms with Crippen LogP contribution < -0.4 is 5.32 Å². The Labute approximate surface area is 114 Å². The number of amides is 1. The normalized spacial score (nSPS) is 19.6. The third-order valence-electron chi connectivity index (χ3n) is 3.91. The summed E-state index contributed by atoms with van der Waals surface area (Å²) in [5.41, 5.74) is 2.13. The minimum atomic E-state index is -0.190. The van der Waals surface area contributed by atoms with Gasteiger partial charge in [0.15, 0.2) is 0 Å². The number of hydrogen-bond donors (Lipinski definition) is 1. The second-order valence-corrected chi connectivity index (χ2v) is 5.49. The van der Waals surface area contributed by atoms with Crippen LogP contribution in [0.1, 0.15) is 56.7 Å². The maximum absolute atomic E-state index is 13.2. The number of aryl methyl sites for hydroxylation is 1. The van der Waals surface area contributed by atoms with Crippen molar-refractivity contribution in [2.45, 2.75) is 52.0 Å². The van der Waals surface area contributed by atoms with Gasteiger partial charge >= 0.3 is 0 Å². The highest BCUT2D eigenvalue weighted by Gasteiger charge is 2.23. The molecule has 3 heteroatoms. The Kier molecular flexibility index (Phi) is 4.56. The van der Waals surface area contributed by atoms with Gasteiger partial charge in [0.25, 0.3) is 0 Å². The quantitative estimate of drug-likeness (QED) is 0.880. The molecule has 2 atom stereocenters. The number of rotatable bonds is 4. The molecule has 1 aromatic rings. The smallest absolute Gasteiger partial charge is 0.223 e. The summed E-state index contributed by atoms with van der Waals surface area (Å²) < 4.78 is 13.2. The Balaban J connectivity index is 2.09. The Morgan fingerprint density at radius 3 is 3.05 bits per heavy atom. The third kappa shape index (κ3) is 3.34. The topological polar surface area (TPSA) is 29.1 Å². The minimum Gasteiger partial charge on any atom is -0.349 e. The molecule has 0 saturated carbocycles. The standard InChI is InChI=1S/C16H22FNO/c1-3-5-11(2)16(19)18-15-7-4-6-12-10-13(17)8-9-14(12)15/h8-11,15H,3-7H2,1-2H3,(H,18,19). The van der Waals surface area contributed by atoms with E-state index in [0.717, 1.165) is 43.2 Å². The summed E-state index contributed by atoms with van der Waals surface area (Å²) >= 11 is 0. The monoisotopic (exact) mass is 263 g/mol. The second-order valence-electron chi connectivity index (χ2n) is 5.49. The van der Waals surface area contributed by atoms with Crippen molar-refractivity contribution in [2.75, 3.05) is 0 Å². The van der Waals surface area contributed by atoms with Crippen molar-refractivity contribution in [3.05, 3.63) is 35.1 Å². The molecule has 0 heterocycles. The average molecular weight is 263 g/mol. The summed E-state index contributed by atoms with van der Waals surface area (Å²) in [6, 6.07) is 4.96. The number of halogens is 1. The molecule has 2 unspecified atom stereocenters. The maximum Gasteiger partial charge on any atom is 0.223 e. The molecule has 1 aromatic carbocycles.